The summed E-state index contributed by atoms with van der Waals surface area (Å²) in [7, 11) is 0. The minimum Gasteiger partial charge on any atom is -0.302 e. The molecular formula is C19H25N3OS. The fourth-order valence-electron chi connectivity index (χ4n) is 3.18. The first-order valence-electron chi connectivity index (χ1n) is 8.69. The molecule has 1 saturated heterocycles. The molecule has 0 bridgehead atoms. The number of amides is 1. The van der Waals surface area contributed by atoms with Crippen molar-refractivity contribution >= 4 is 22.4 Å². The van der Waals surface area contributed by atoms with Crippen molar-refractivity contribution in [2.75, 3.05) is 18.4 Å². The van der Waals surface area contributed by atoms with Crippen molar-refractivity contribution in [2.45, 2.75) is 39.2 Å². The maximum Gasteiger partial charge on any atom is 0.226 e. The average Bonchev–Trinajstić information content (AvgIpc) is 3.01. The first-order chi connectivity index (χ1) is 11.7. The maximum absolute atomic E-state index is 12.1. The molecule has 0 radical (unpaired) electrons. The van der Waals surface area contributed by atoms with Crippen molar-refractivity contribution in [1.82, 2.24) is 9.88 Å². The average molecular weight is 343 g/mol. The predicted octanol–water partition coefficient (Wildman–Crippen LogP) is 3.95. The Bertz CT molecular complexity index is 656. The highest BCUT2D eigenvalue weighted by Gasteiger charge is 2.17. The van der Waals surface area contributed by atoms with E-state index in [4.69, 9.17) is 0 Å². The summed E-state index contributed by atoms with van der Waals surface area (Å²) in [6.07, 6.45) is 3.85. The fourth-order valence-corrected chi connectivity index (χ4v) is 3.90. The number of carbonyl (C=O) groups excluding carboxylic acids is 1. The molecule has 0 spiro atoms. The van der Waals surface area contributed by atoms with Gasteiger partial charge in [0.1, 0.15) is 0 Å². The Kier molecular flexibility index (Phi) is 5.99. The van der Waals surface area contributed by atoms with Crippen LogP contribution in [0.4, 0.5) is 5.13 Å². The molecule has 2 heterocycles. The highest BCUT2D eigenvalue weighted by molar-refractivity contribution is 7.13. The van der Waals surface area contributed by atoms with Gasteiger partial charge in [-0.25, -0.2) is 4.98 Å². The van der Waals surface area contributed by atoms with E-state index in [-0.39, 0.29) is 5.91 Å². The second-order valence-electron chi connectivity index (χ2n) is 6.66. The molecule has 1 N–H and O–H groups in total. The Balaban J connectivity index is 1.46. The first-order valence-corrected chi connectivity index (χ1v) is 9.57. The molecule has 3 rings (SSSR count). The van der Waals surface area contributed by atoms with Gasteiger partial charge in [0.05, 0.1) is 5.69 Å². The van der Waals surface area contributed by atoms with Gasteiger partial charge < -0.3 is 5.32 Å². The van der Waals surface area contributed by atoms with E-state index in [1.54, 1.807) is 0 Å². The van der Waals surface area contributed by atoms with Crippen LogP contribution in [0.25, 0.3) is 0 Å². The van der Waals surface area contributed by atoms with Crippen LogP contribution < -0.4 is 5.32 Å². The molecule has 1 fully saturated rings. The van der Waals surface area contributed by atoms with Gasteiger partial charge >= 0.3 is 0 Å². The van der Waals surface area contributed by atoms with Crippen LogP contribution in [0.1, 0.15) is 37.4 Å². The van der Waals surface area contributed by atoms with Crippen LogP contribution in [0.2, 0.25) is 0 Å². The fraction of sp³-hybridized carbons (Fsp3) is 0.474. The Morgan fingerprint density at radius 1 is 1.38 bits per heavy atom. The second-order valence-corrected chi connectivity index (χ2v) is 7.52. The number of thiazole rings is 1. The lowest BCUT2D eigenvalue weighted by atomic mass is 10.0. The SMILES string of the molecule is C[C@@H]1CCCN(Cc2csc(NC(=O)CCc3ccccc3)n2)C1. The van der Waals surface area contributed by atoms with Gasteiger partial charge in [-0.2, -0.15) is 0 Å². The monoisotopic (exact) mass is 343 g/mol. The molecule has 1 aromatic carbocycles. The summed E-state index contributed by atoms with van der Waals surface area (Å²) >= 11 is 1.52. The van der Waals surface area contributed by atoms with Crippen LogP contribution in [0, 0.1) is 5.92 Å². The molecule has 128 valence electrons. The number of hydrogen-bond acceptors (Lipinski definition) is 4. The van der Waals surface area contributed by atoms with Gasteiger partial charge in [0.2, 0.25) is 5.91 Å². The van der Waals surface area contributed by atoms with Gasteiger partial charge in [0, 0.05) is 24.9 Å². The molecule has 1 amide bonds. The van der Waals surface area contributed by atoms with Crippen molar-refractivity contribution in [3.05, 3.63) is 47.0 Å². The first kappa shape index (κ1) is 17.1. The Morgan fingerprint density at radius 2 is 2.21 bits per heavy atom. The van der Waals surface area contributed by atoms with Crippen molar-refractivity contribution in [2.24, 2.45) is 5.92 Å². The lowest BCUT2D eigenvalue weighted by Gasteiger charge is -2.30. The van der Waals surface area contributed by atoms with Crippen molar-refractivity contribution < 1.29 is 4.79 Å². The van der Waals surface area contributed by atoms with Gasteiger partial charge in [0.15, 0.2) is 5.13 Å². The normalized spacial score (nSPS) is 18.5. The molecule has 0 unspecified atom stereocenters. The number of carbonyl (C=O) groups is 1. The summed E-state index contributed by atoms with van der Waals surface area (Å²) in [4.78, 5) is 19.1. The summed E-state index contributed by atoms with van der Waals surface area (Å²) in [6.45, 7) is 5.50. The van der Waals surface area contributed by atoms with Gasteiger partial charge in [-0.15, -0.1) is 11.3 Å². The predicted molar refractivity (Wildman–Crippen MR) is 99.2 cm³/mol. The minimum atomic E-state index is 0.0337. The zero-order valence-electron chi connectivity index (χ0n) is 14.2. The lowest BCUT2D eigenvalue weighted by molar-refractivity contribution is -0.116. The zero-order chi connectivity index (χ0) is 16.8. The number of nitrogens with zero attached hydrogens (tertiary/aromatic N) is 2. The van der Waals surface area contributed by atoms with Crippen molar-refractivity contribution in [3.63, 3.8) is 0 Å². The summed E-state index contributed by atoms with van der Waals surface area (Å²) < 4.78 is 0. The van der Waals surface area contributed by atoms with E-state index in [1.165, 1.54) is 29.7 Å². The summed E-state index contributed by atoms with van der Waals surface area (Å²) in [5.74, 6) is 0.806. The number of aryl methyl sites for hydroxylation is 1. The number of nitrogens with one attached hydrogen (secondary N) is 1. The summed E-state index contributed by atoms with van der Waals surface area (Å²) in [6, 6.07) is 10.1. The number of anilines is 1. The number of benzene rings is 1. The number of piperidine rings is 1. The van der Waals surface area contributed by atoms with Crippen LogP contribution in [-0.4, -0.2) is 28.9 Å². The Hall–Kier alpha value is -1.72. The number of rotatable bonds is 6. The van der Waals surface area contributed by atoms with E-state index in [1.807, 2.05) is 30.3 Å². The van der Waals surface area contributed by atoms with Crippen LogP contribution in [-0.2, 0) is 17.8 Å². The maximum atomic E-state index is 12.1. The van der Waals surface area contributed by atoms with E-state index >= 15 is 0 Å². The van der Waals surface area contributed by atoms with Gasteiger partial charge in [-0.05, 0) is 37.3 Å². The zero-order valence-corrected chi connectivity index (χ0v) is 15.0. The highest BCUT2D eigenvalue weighted by atomic mass is 32.1. The van der Waals surface area contributed by atoms with E-state index in [0.717, 1.165) is 37.7 Å². The van der Waals surface area contributed by atoms with Gasteiger partial charge in [-0.1, -0.05) is 37.3 Å². The Morgan fingerprint density at radius 3 is 3.00 bits per heavy atom. The molecule has 1 atom stereocenters. The molecule has 24 heavy (non-hydrogen) atoms. The molecular weight excluding hydrogens is 318 g/mol. The second kappa shape index (κ2) is 8.40. The molecule has 5 heteroatoms. The minimum absolute atomic E-state index is 0.0337. The smallest absolute Gasteiger partial charge is 0.226 e. The quantitative estimate of drug-likeness (QED) is 0.864. The van der Waals surface area contributed by atoms with Gasteiger partial charge in [-0.3, -0.25) is 9.69 Å². The Labute approximate surface area is 147 Å². The third-order valence-electron chi connectivity index (χ3n) is 4.41. The molecule has 0 aliphatic carbocycles. The van der Waals surface area contributed by atoms with Crippen LogP contribution >= 0.6 is 11.3 Å². The van der Waals surface area contributed by atoms with Crippen LogP contribution in [0.5, 0.6) is 0 Å². The third kappa shape index (κ3) is 5.14. The van der Waals surface area contributed by atoms with Crippen LogP contribution in [0.15, 0.2) is 35.7 Å². The van der Waals surface area contributed by atoms with Crippen LogP contribution in [0.3, 0.4) is 0 Å². The third-order valence-corrected chi connectivity index (χ3v) is 5.21. The molecule has 4 nitrogen and oxygen atoms in total. The largest absolute Gasteiger partial charge is 0.302 e. The van der Waals surface area contributed by atoms with E-state index in [0.29, 0.717) is 11.6 Å². The number of aromatic nitrogens is 1. The number of hydrogen-bond donors (Lipinski definition) is 1. The number of likely N-dealkylation sites (tertiary alicyclic amines) is 1. The molecule has 1 aromatic heterocycles. The molecule has 0 saturated carbocycles. The van der Waals surface area contributed by atoms with E-state index < -0.39 is 0 Å². The molecule has 1 aliphatic heterocycles. The summed E-state index contributed by atoms with van der Waals surface area (Å²) in [5.41, 5.74) is 2.25. The van der Waals surface area contributed by atoms with E-state index in [9.17, 15) is 4.79 Å². The molecule has 1 aliphatic rings. The van der Waals surface area contributed by atoms with Crippen molar-refractivity contribution in [1.29, 1.82) is 0 Å². The topological polar surface area (TPSA) is 45.2 Å². The summed E-state index contributed by atoms with van der Waals surface area (Å²) in [5, 5.41) is 5.71. The van der Waals surface area contributed by atoms with Gasteiger partial charge in [0.25, 0.3) is 0 Å². The lowest BCUT2D eigenvalue weighted by Crippen LogP contribution is -2.33. The molecule has 2 aromatic rings. The van der Waals surface area contributed by atoms with E-state index in [2.05, 4.69) is 27.5 Å². The highest BCUT2D eigenvalue weighted by Crippen LogP contribution is 2.21. The van der Waals surface area contributed by atoms with Crippen molar-refractivity contribution in [3.8, 4) is 0 Å². The standard InChI is InChI=1S/C19H25N3OS/c1-15-6-5-11-22(12-15)13-17-14-24-19(20-17)21-18(23)10-9-16-7-3-2-4-8-16/h2-4,7-8,14-15H,5-6,9-13H2,1H3,(H,20,21,23)/t15-/m1/s1.